The maximum Gasteiger partial charge on any atom is 0.304 e. The molecule has 0 unspecified atom stereocenters. The first-order valence-corrected chi connectivity index (χ1v) is 7.54. The zero-order chi connectivity index (χ0) is 16.3. The lowest BCUT2D eigenvalue weighted by Crippen LogP contribution is -2.26. The van der Waals surface area contributed by atoms with E-state index in [1.165, 1.54) is 0 Å². The van der Waals surface area contributed by atoms with Gasteiger partial charge in [0, 0.05) is 24.2 Å². The van der Waals surface area contributed by atoms with Crippen molar-refractivity contribution in [2.45, 2.75) is 40.2 Å². The first kappa shape index (κ1) is 22.8. The number of nitrogens with one attached hydrogen (secondary N) is 1. The van der Waals surface area contributed by atoms with Gasteiger partial charge in [-0.05, 0) is 30.2 Å². The Bertz CT molecular complexity index is 428. The molecule has 0 aliphatic rings. The van der Waals surface area contributed by atoms with Crippen LogP contribution in [0.15, 0.2) is 18.2 Å². The van der Waals surface area contributed by atoms with Crippen LogP contribution in [-0.2, 0) is 11.2 Å². The highest BCUT2D eigenvalue weighted by Gasteiger charge is 2.12. The third-order valence-corrected chi connectivity index (χ3v) is 2.81. The second-order valence-electron chi connectivity index (χ2n) is 4.20. The lowest BCUT2D eigenvalue weighted by Gasteiger charge is -2.14. The van der Waals surface area contributed by atoms with Crippen molar-refractivity contribution in [1.29, 1.82) is 0 Å². The standard InChI is InChI=1S/C13H19ClN2O3.C2H6.CH4/c1-19-12-3-2-11(16-5-4-14)7-9(12)6-10(15)8-13(17)18;1-2;/h2-3,7,10,16H,4-6,8,15H2,1H3,(H,17,18);1-2H3;1H4/t10-;;/m0../s1. The quantitative estimate of drug-likeness (QED) is 0.636. The molecule has 0 saturated heterocycles. The molecule has 0 heterocycles. The lowest BCUT2D eigenvalue weighted by molar-refractivity contribution is -0.137. The van der Waals surface area contributed by atoms with Crippen LogP contribution in [0.25, 0.3) is 0 Å². The number of halogens is 1. The second-order valence-corrected chi connectivity index (χ2v) is 4.58. The predicted octanol–water partition coefficient (Wildman–Crippen LogP) is 3.35. The van der Waals surface area contributed by atoms with Crippen molar-refractivity contribution in [3.05, 3.63) is 23.8 Å². The van der Waals surface area contributed by atoms with Crippen molar-refractivity contribution in [3.8, 4) is 5.75 Å². The Labute approximate surface area is 138 Å². The summed E-state index contributed by atoms with van der Waals surface area (Å²) in [4.78, 5) is 10.6. The van der Waals surface area contributed by atoms with E-state index in [9.17, 15) is 4.79 Å². The van der Waals surface area contributed by atoms with Crippen LogP contribution in [0.4, 0.5) is 5.69 Å². The zero-order valence-electron chi connectivity index (χ0n) is 12.9. The predicted molar refractivity (Wildman–Crippen MR) is 94.2 cm³/mol. The molecule has 0 radical (unpaired) electrons. The summed E-state index contributed by atoms with van der Waals surface area (Å²) < 4.78 is 5.25. The second kappa shape index (κ2) is 13.2. The molecule has 0 bridgehead atoms. The van der Waals surface area contributed by atoms with E-state index in [2.05, 4.69) is 5.32 Å². The number of aliphatic carboxylic acids is 1. The molecule has 0 spiro atoms. The minimum absolute atomic E-state index is 0. The van der Waals surface area contributed by atoms with Crippen LogP contribution < -0.4 is 15.8 Å². The van der Waals surface area contributed by atoms with Gasteiger partial charge in [0.1, 0.15) is 5.75 Å². The van der Waals surface area contributed by atoms with Crippen LogP contribution in [0, 0.1) is 0 Å². The summed E-state index contributed by atoms with van der Waals surface area (Å²) in [6.07, 6.45) is 0.383. The first-order chi connectivity index (χ1) is 10.1. The number of hydrogen-bond donors (Lipinski definition) is 3. The number of ether oxygens (including phenoxy) is 1. The third kappa shape index (κ3) is 8.74. The Morgan fingerprint density at radius 3 is 2.59 bits per heavy atom. The molecule has 6 heteroatoms. The number of carboxylic acid groups (broad SMARTS) is 1. The number of hydrogen-bond acceptors (Lipinski definition) is 4. The molecule has 0 fully saturated rings. The fraction of sp³-hybridized carbons (Fsp3) is 0.562. The van der Waals surface area contributed by atoms with Gasteiger partial charge in [0.25, 0.3) is 0 Å². The number of carbonyl (C=O) groups is 1. The van der Waals surface area contributed by atoms with E-state index < -0.39 is 12.0 Å². The first-order valence-electron chi connectivity index (χ1n) is 7.01. The Morgan fingerprint density at radius 1 is 1.45 bits per heavy atom. The molecule has 5 nitrogen and oxygen atoms in total. The average molecular weight is 333 g/mol. The van der Waals surface area contributed by atoms with Crippen LogP contribution in [-0.4, -0.2) is 36.7 Å². The maximum atomic E-state index is 10.6. The number of benzene rings is 1. The Morgan fingerprint density at radius 2 is 2.09 bits per heavy atom. The van der Waals surface area contributed by atoms with Crippen molar-refractivity contribution in [3.63, 3.8) is 0 Å². The van der Waals surface area contributed by atoms with E-state index in [1.807, 2.05) is 32.0 Å². The highest BCUT2D eigenvalue weighted by atomic mass is 35.5. The SMILES string of the molecule is C.CC.COc1ccc(NCCCl)cc1C[C@H](N)CC(=O)O. The van der Waals surface area contributed by atoms with Crippen LogP contribution in [0.5, 0.6) is 5.75 Å². The van der Waals surface area contributed by atoms with Gasteiger partial charge in [-0.15, -0.1) is 11.6 Å². The third-order valence-electron chi connectivity index (χ3n) is 2.62. The minimum atomic E-state index is -0.900. The molecular weight excluding hydrogens is 304 g/mol. The lowest BCUT2D eigenvalue weighted by atomic mass is 10.0. The van der Waals surface area contributed by atoms with E-state index in [-0.39, 0.29) is 13.8 Å². The monoisotopic (exact) mass is 332 g/mol. The molecule has 1 aromatic carbocycles. The molecule has 0 aliphatic carbocycles. The van der Waals surface area contributed by atoms with Gasteiger partial charge in [-0.1, -0.05) is 21.3 Å². The van der Waals surface area contributed by atoms with Gasteiger partial charge in [0.05, 0.1) is 13.5 Å². The van der Waals surface area contributed by atoms with Crippen LogP contribution in [0.3, 0.4) is 0 Å². The van der Waals surface area contributed by atoms with Gasteiger partial charge in [0.15, 0.2) is 0 Å². The van der Waals surface area contributed by atoms with E-state index >= 15 is 0 Å². The number of nitrogens with two attached hydrogens (primary N) is 1. The largest absolute Gasteiger partial charge is 0.496 e. The van der Waals surface area contributed by atoms with E-state index in [1.54, 1.807) is 7.11 Å². The summed E-state index contributed by atoms with van der Waals surface area (Å²) in [5.41, 5.74) is 7.60. The Balaban J connectivity index is 0. The molecule has 0 saturated carbocycles. The van der Waals surface area contributed by atoms with Crippen molar-refractivity contribution in [2.24, 2.45) is 5.73 Å². The summed E-state index contributed by atoms with van der Waals surface area (Å²) in [7, 11) is 1.58. The van der Waals surface area contributed by atoms with Gasteiger partial charge in [-0.25, -0.2) is 0 Å². The smallest absolute Gasteiger partial charge is 0.304 e. The fourth-order valence-corrected chi connectivity index (χ4v) is 1.91. The number of rotatable bonds is 8. The van der Waals surface area contributed by atoms with Gasteiger partial charge in [-0.3, -0.25) is 4.79 Å². The Hall–Kier alpha value is -1.46. The van der Waals surface area contributed by atoms with Gasteiger partial charge < -0.3 is 20.9 Å². The molecule has 0 amide bonds. The highest BCUT2D eigenvalue weighted by Crippen LogP contribution is 2.24. The van der Waals surface area contributed by atoms with Crippen LogP contribution in [0.2, 0.25) is 0 Å². The molecule has 22 heavy (non-hydrogen) atoms. The summed E-state index contributed by atoms with van der Waals surface area (Å²) in [6.45, 7) is 4.66. The number of anilines is 1. The number of carboxylic acids is 1. The van der Waals surface area contributed by atoms with Crippen molar-refractivity contribution in [2.75, 3.05) is 24.9 Å². The van der Waals surface area contributed by atoms with Gasteiger partial charge >= 0.3 is 5.97 Å². The summed E-state index contributed by atoms with van der Waals surface area (Å²) in [6, 6.07) is 5.19. The van der Waals surface area contributed by atoms with Crippen LogP contribution >= 0.6 is 11.6 Å². The molecule has 128 valence electrons. The molecule has 0 aliphatic heterocycles. The van der Waals surface area contributed by atoms with Gasteiger partial charge in [0.2, 0.25) is 0 Å². The van der Waals surface area contributed by atoms with Crippen molar-refractivity contribution < 1.29 is 14.6 Å². The van der Waals surface area contributed by atoms with E-state index in [4.69, 9.17) is 27.2 Å². The molecule has 1 aromatic rings. The van der Waals surface area contributed by atoms with Crippen molar-refractivity contribution >= 4 is 23.3 Å². The number of methoxy groups -OCH3 is 1. The van der Waals surface area contributed by atoms with E-state index in [0.29, 0.717) is 24.6 Å². The van der Waals surface area contributed by atoms with Crippen molar-refractivity contribution in [1.82, 2.24) is 0 Å². The average Bonchev–Trinajstić information content (AvgIpc) is 2.46. The zero-order valence-corrected chi connectivity index (χ0v) is 13.6. The molecule has 1 rings (SSSR count). The Kier molecular flexibility index (Phi) is 13.7. The van der Waals surface area contributed by atoms with Gasteiger partial charge in [-0.2, -0.15) is 0 Å². The molecule has 0 aromatic heterocycles. The molecule has 4 N–H and O–H groups in total. The maximum absolute atomic E-state index is 10.6. The number of alkyl halides is 1. The fourth-order valence-electron chi connectivity index (χ4n) is 1.82. The summed E-state index contributed by atoms with van der Waals surface area (Å²) in [5.74, 6) is 0.319. The molecular formula is C16H29ClN2O3. The minimum Gasteiger partial charge on any atom is -0.496 e. The normalized spacial score (nSPS) is 10.6. The molecule has 1 atom stereocenters. The highest BCUT2D eigenvalue weighted by molar-refractivity contribution is 6.18. The topological polar surface area (TPSA) is 84.6 Å². The van der Waals surface area contributed by atoms with E-state index in [0.717, 1.165) is 11.3 Å². The van der Waals surface area contributed by atoms with Crippen LogP contribution in [0.1, 0.15) is 33.3 Å². The summed E-state index contributed by atoms with van der Waals surface area (Å²) >= 11 is 5.62. The summed E-state index contributed by atoms with van der Waals surface area (Å²) in [5, 5.41) is 11.9.